The second-order valence-electron chi connectivity index (χ2n) is 6.03. The molecule has 26 heavy (non-hydrogen) atoms. The predicted octanol–water partition coefficient (Wildman–Crippen LogP) is 3.90. The van der Waals surface area contributed by atoms with Crippen molar-refractivity contribution in [2.75, 3.05) is 18.1 Å². The summed E-state index contributed by atoms with van der Waals surface area (Å²) in [6, 6.07) is 10.1. The van der Waals surface area contributed by atoms with Crippen molar-refractivity contribution < 1.29 is 14.3 Å². The largest absolute Gasteiger partial charge is 0.491 e. The number of nitrogens with zero attached hydrogens (tertiary/aromatic N) is 1. The zero-order valence-electron chi connectivity index (χ0n) is 14.4. The fraction of sp³-hybridized carbons (Fsp3) is 0.263. The minimum Gasteiger partial charge on any atom is -0.491 e. The van der Waals surface area contributed by atoms with E-state index in [4.69, 9.17) is 27.9 Å². The first kappa shape index (κ1) is 18.5. The molecular weight excluding hydrogens is 375 g/mol. The average Bonchev–Trinajstić information content (AvgIpc) is 2.86. The van der Waals surface area contributed by atoms with Crippen molar-refractivity contribution in [2.24, 2.45) is 0 Å². The average molecular weight is 393 g/mol. The Kier molecular flexibility index (Phi) is 5.39. The van der Waals surface area contributed by atoms with E-state index in [0.29, 0.717) is 21.3 Å². The van der Waals surface area contributed by atoms with Crippen LogP contribution in [0.15, 0.2) is 36.4 Å². The first-order chi connectivity index (χ1) is 12.4. The molecule has 1 atom stereocenters. The van der Waals surface area contributed by atoms with E-state index in [1.807, 2.05) is 31.2 Å². The Morgan fingerprint density at radius 3 is 2.58 bits per heavy atom. The molecule has 7 heteroatoms. The lowest BCUT2D eigenvalue weighted by Gasteiger charge is -2.19. The highest BCUT2D eigenvalue weighted by Gasteiger charge is 2.40. The molecule has 0 aliphatic carbocycles. The van der Waals surface area contributed by atoms with E-state index in [2.05, 4.69) is 5.32 Å². The molecule has 0 bridgehead atoms. The van der Waals surface area contributed by atoms with Crippen molar-refractivity contribution in [1.82, 2.24) is 5.32 Å². The molecule has 136 valence electrons. The molecule has 2 amide bonds. The van der Waals surface area contributed by atoms with Crippen molar-refractivity contribution in [1.29, 1.82) is 0 Å². The van der Waals surface area contributed by atoms with Gasteiger partial charge in [0, 0.05) is 17.5 Å². The van der Waals surface area contributed by atoms with Crippen LogP contribution in [0.2, 0.25) is 10.0 Å². The van der Waals surface area contributed by atoms with Gasteiger partial charge in [0.15, 0.2) is 0 Å². The van der Waals surface area contributed by atoms with Gasteiger partial charge >= 0.3 is 0 Å². The summed E-state index contributed by atoms with van der Waals surface area (Å²) in [5.41, 5.74) is 2.06. The van der Waals surface area contributed by atoms with Crippen LogP contribution in [0.25, 0.3) is 0 Å². The van der Waals surface area contributed by atoms with Crippen molar-refractivity contribution in [3.8, 4) is 5.75 Å². The summed E-state index contributed by atoms with van der Waals surface area (Å²) < 4.78 is 5.79. The Hall–Kier alpha value is -2.24. The number of para-hydroxylation sites is 1. The number of amides is 2. The molecule has 0 fully saturated rings. The highest BCUT2D eigenvalue weighted by Crippen LogP contribution is 2.44. The van der Waals surface area contributed by atoms with Gasteiger partial charge in [-0.1, -0.05) is 41.4 Å². The molecule has 0 saturated heterocycles. The maximum atomic E-state index is 12.9. The third-order valence-corrected chi connectivity index (χ3v) is 4.83. The van der Waals surface area contributed by atoms with E-state index in [1.54, 1.807) is 12.1 Å². The number of carbonyl (C=O) groups is 2. The SMILES string of the molecule is CC(=O)N[C@@H]1C(=O)N(CCOc2ccccc2C)c2c(Cl)ccc(Cl)c21. The predicted molar refractivity (Wildman–Crippen MR) is 102 cm³/mol. The first-order valence-electron chi connectivity index (χ1n) is 8.15. The van der Waals surface area contributed by atoms with Crippen molar-refractivity contribution >= 4 is 40.7 Å². The lowest BCUT2D eigenvalue weighted by molar-refractivity contribution is -0.126. The fourth-order valence-corrected chi connectivity index (χ4v) is 3.55. The topological polar surface area (TPSA) is 58.6 Å². The van der Waals surface area contributed by atoms with Crippen molar-refractivity contribution in [3.05, 3.63) is 57.6 Å². The summed E-state index contributed by atoms with van der Waals surface area (Å²) in [6.07, 6.45) is 0. The molecule has 0 unspecified atom stereocenters. The number of benzene rings is 2. The molecule has 0 spiro atoms. The molecule has 2 aromatic carbocycles. The monoisotopic (exact) mass is 392 g/mol. The third kappa shape index (κ3) is 3.50. The summed E-state index contributed by atoms with van der Waals surface area (Å²) >= 11 is 12.6. The quantitative estimate of drug-likeness (QED) is 0.838. The zero-order chi connectivity index (χ0) is 18.8. The van der Waals surface area contributed by atoms with Gasteiger partial charge in [0.25, 0.3) is 5.91 Å². The van der Waals surface area contributed by atoms with Crippen LogP contribution < -0.4 is 15.0 Å². The lowest BCUT2D eigenvalue weighted by Crippen LogP contribution is -2.38. The van der Waals surface area contributed by atoms with Gasteiger partial charge in [-0.3, -0.25) is 9.59 Å². The molecule has 1 aliphatic heterocycles. The van der Waals surface area contributed by atoms with Crippen LogP contribution in [0.3, 0.4) is 0 Å². The van der Waals surface area contributed by atoms with Crippen LogP contribution in [0, 0.1) is 6.92 Å². The standard InChI is InChI=1S/C19H18Cl2N2O3/c1-11-5-3-4-6-15(11)26-10-9-23-18-14(21)8-7-13(20)16(18)17(19(23)25)22-12(2)24/h3-8,17H,9-10H2,1-2H3,(H,22,24)/t17-/m0/s1. The summed E-state index contributed by atoms with van der Waals surface area (Å²) in [6.45, 7) is 3.88. The number of anilines is 1. The minimum absolute atomic E-state index is 0.279. The number of rotatable bonds is 5. The number of fused-ring (bicyclic) bond motifs is 1. The Morgan fingerprint density at radius 1 is 1.19 bits per heavy atom. The summed E-state index contributed by atoms with van der Waals surface area (Å²) in [4.78, 5) is 25.9. The Morgan fingerprint density at radius 2 is 1.88 bits per heavy atom. The van der Waals surface area contributed by atoms with Crippen LogP contribution in [0.4, 0.5) is 5.69 Å². The van der Waals surface area contributed by atoms with Crippen molar-refractivity contribution in [2.45, 2.75) is 19.9 Å². The van der Waals surface area contributed by atoms with Gasteiger partial charge in [-0.25, -0.2) is 0 Å². The van der Waals surface area contributed by atoms with E-state index in [1.165, 1.54) is 11.8 Å². The molecule has 0 saturated carbocycles. The van der Waals surface area contributed by atoms with Crippen molar-refractivity contribution in [3.63, 3.8) is 0 Å². The number of nitrogens with one attached hydrogen (secondary N) is 1. The lowest BCUT2D eigenvalue weighted by atomic mass is 10.1. The molecule has 5 nitrogen and oxygen atoms in total. The zero-order valence-corrected chi connectivity index (χ0v) is 15.9. The van der Waals surface area contributed by atoms with Crippen LogP contribution in [-0.4, -0.2) is 25.0 Å². The smallest absolute Gasteiger partial charge is 0.254 e. The Bertz CT molecular complexity index is 870. The number of hydrogen-bond donors (Lipinski definition) is 1. The van der Waals surface area contributed by atoms with E-state index in [9.17, 15) is 9.59 Å². The normalized spacial score (nSPS) is 15.8. The van der Waals surface area contributed by atoms with Crippen LogP contribution in [0.1, 0.15) is 24.1 Å². The van der Waals surface area contributed by atoms with Crippen LogP contribution in [0.5, 0.6) is 5.75 Å². The number of carbonyl (C=O) groups excluding carboxylic acids is 2. The fourth-order valence-electron chi connectivity index (χ4n) is 3.02. The van der Waals surface area contributed by atoms with Gasteiger partial charge in [0.2, 0.25) is 5.91 Å². The van der Waals surface area contributed by atoms with Gasteiger partial charge < -0.3 is 15.0 Å². The maximum absolute atomic E-state index is 12.9. The Balaban J connectivity index is 1.84. The second-order valence-corrected chi connectivity index (χ2v) is 6.84. The highest BCUT2D eigenvalue weighted by atomic mass is 35.5. The first-order valence-corrected chi connectivity index (χ1v) is 8.90. The maximum Gasteiger partial charge on any atom is 0.254 e. The highest BCUT2D eigenvalue weighted by molar-refractivity contribution is 6.38. The van der Waals surface area contributed by atoms with E-state index in [0.717, 1.165) is 11.3 Å². The molecule has 1 aliphatic rings. The van der Waals surface area contributed by atoms with Crippen LogP contribution >= 0.6 is 23.2 Å². The molecule has 2 aromatic rings. The molecular formula is C19H18Cl2N2O3. The number of hydrogen-bond acceptors (Lipinski definition) is 3. The summed E-state index contributed by atoms with van der Waals surface area (Å²) in [5.74, 6) is 0.164. The molecule has 0 radical (unpaired) electrons. The molecule has 1 N–H and O–H groups in total. The van der Waals surface area contributed by atoms with E-state index < -0.39 is 6.04 Å². The second kappa shape index (κ2) is 7.56. The molecule has 1 heterocycles. The van der Waals surface area contributed by atoms with E-state index in [-0.39, 0.29) is 25.0 Å². The number of aryl methyl sites for hydroxylation is 1. The minimum atomic E-state index is -0.841. The third-order valence-electron chi connectivity index (χ3n) is 4.20. The van der Waals surface area contributed by atoms with Crippen LogP contribution in [-0.2, 0) is 9.59 Å². The Labute approximate surface area is 161 Å². The number of ether oxygens (including phenoxy) is 1. The summed E-state index contributed by atoms with van der Waals surface area (Å²) in [7, 11) is 0. The van der Waals surface area contributed by atoms with Gasteiger partial charge in [-0.2, -0.15) is 0 Å². The molecule has 0 aromatic heterocycles. The number of halogens is 2. The van der Waals surface area contributed by atoms with E-state index >= 15 is 0 Å². The van der Waals surface area contributed by atoms with Gasteiger partial charge in [0.1, 0.15) is 18.4 Å². The summed E-state index contributed by atoms with van der Waals surface area (Å²) in [5, 5.41) is 3.44. The molecule has 3 rings (SSSR count). The van der Waals surface area contributed by atoms with Gasteiger partial charge in [0.05, 0.1) is 17.3 Å². The van der Waals surface area contributed by atoms with Gasteiger partial charge in [-0.05, 0) is 30.7 Å². The van der Waals surface area contributed by atoms with Gasteiger partial charge in [-0.15, -0.1) is 0 Å².